The lowest BCUT2D eigenvalue weighted by Crippen LogP contribution is -2.40. The van der Waals surface area contributed by atoms with Crippen molar-refractivity contribution in [2.24, 2.45) is 0 Å². The smallest absolute Gasteiger partial charge is 0.328 e. The van der Waals surface area contributed by atoms with Crippen LogP contribution in [0.3, 0.4) is 0 Å². The Morgan fingerprint density at radius 3 is 2.63 bits per heavy atom. The van der Waals surface area contributed by atoms with Gasteiger partial charge in [0.2, 0.25) is 5.91 Å². The molecule has 3 rings (SSSR count). The molecule has 1 atom stereocenters. The minimum atomic E-state index is -1.06. The van der Waals surface area contributed by atoms with Crippen molar-refractivity contribution < 1.29 is 13.6 Å². The minimum absolute atomic E-state index is 0.0518. The Hall–Kier alpha value is -3.00. The van der Waals surface area contributed by atoms with E-state index in [1.165, 1.54) is 25.1 Å². The minimum Gasteiger partial charge on any atom is -0.348 e. The van der Waals surface area contributed by atoms with Gasteiger partial charge in [0.05, 0.1) is 23.5 Å². The van der Waals surface area contributed by atoms with Gasteiger partial charge >= 0.3 is 5.69 Å². The molecule has 0 radical (unpaired) electrons. The molecule has 0 saturated heterocycles. The molecule has 2 aromatic carbocycles. The van der Waals surface area contributed by atoms with E-state index in [2.05, 4.69) is 10.3 Å². The summed E-state index contributed by atoms with van der Waals surface area (Å²) in [5.74, 6) is -2.19. The van der Waals surface area contributed by atoms with Crippen LogP contribution in [0.25, 0.3) is 10.9 Å². The number of benzene rings is 2. The lowest BCUT2D eigenvalue weighted by Gasteiger charge is -2.20. The van der Waals surface area contributed by atoms with Crippen LogP contribution >= 0.6 is 11.6 Å². The zero-order valence-corrected chi connectivity index (χ0v) is 14.8. The first-order chi connectivity index (χ1) is 12.8. The Kier molecular flexibility index (Phi) is 5.09. The van der Waals surface area contributed by atoms with Gasteiger partial charge in [0.1, 0.15) is 11.6 Å². The average Bonchev–Trinajstić information content (AvgIpc) is 2.58. The van der Waals surface area contributed by atoms with Crippen LogP contribution in [0.15, 0.2) is 46.0 Å². The standard InChI is InChI=1S/C18H14ClF2N3O3/c1-9(25)22-16(12-4-3-11(20)7-14(12)21)8-24-17(26)13-6-10(19)2-5-15(13)23-18(24)27/h2-7,16H,8H2,1H3,(H,22,25)(H,23,27)/t16-/m1/s1. The zero-order chi connectivity index (χ0) is 19.7. The number of hydrogen-bond acceptors (Lipinski definition) is 3. The number of aromatic amines is 1. The molecule has 0 unspecified atom stereocenters. The zero-order valence-electron chi connectivity index (χ0n) is 14.1. The molecule has 0 aliphatic rings. The molecule has 1 amide bonds. The van der Waals surface area contributed by atoms with Crippen LogP contribution in [-0.4, -0.2) is 15.5 Å². The number of nitrogens with one attached hydrogen (secondary N) is 2. The summed E-state index contributed by atoms with van der Waals surface area (Å²) in [6.07, 6.45) is 0. The van der Waals surface area contributed by atoms with E-state index in [4.69, 9.17) is 11.6 Å². The number of nitrogens with zero attached hydrogens (tertiary/aromatic N) is 1. The number of halogens is 3. The maximum absolute atomic E-state index is 14.2. The highest BCUT2D eigenvalue weighted by molar-refractivity contribution is 6.31. The molecule has 1 heterocycles. The van der Waals surface area contributed by atoms with Crippen LogP contribution in [0.4, 0.5) is 8.78 Å². The Balaban J connectivity index is 2.12. The van der Waals surface area contributed by atoms with Gasteiger partial charge in [0.15, 0.2) is 0 Å². The highest BCUT2D eigenvalue weighted by atomic mass is 35.5. The normalized spacial score (nSPS) is 12.1. The second kappa shape index (κ2) is 7.32. The highest BCUT2D eigenvalue weighted by Crippen LogP contribution is 2.20. The van der Waals surface area contributed by atoms with Crippen molar-refractivity contribution in [1.82, 2.24) is 14.9 Å². The monoisotopic (exact) mass is 393 g/mol. The number of carbonyl (C=O) groups excluding carboxylic acids is 1. The van der Waals surface area contributed by atoms with E-state index in [1.807, 2.05) is 0 Å². The number of H-pyrrole nitrogens is 1. The summed E-state index contributed by atoms with van der Waals surface area (Å²) in [5.41, 5.74) is -1.12. The van der Waals surface area contributed by atoms with Crippen molar-refractivity contribution >= 4 is 28.4 Å². The van der Waals surface area contributed by atoms with Gasteiger partial charge in [-0.3, -0.25) is 14.2 Å². The van der Waals surface area contributed by atoms with Gasteiger partial charge < -0.3 is 10.3 Å². The van der Waals surface area contributed by atoms with Crippen molar-refractivity contribution in [3.63, 3.8) is 0 Å². The number of amides is 1. The molecule has 0 fully saturated rings. The summed E-state index contributed by atoms with van der Waals surface area (Å²) < 4.78 is 28.2. The predicted molar refractivity (Wildman–Crippen MR) is 96.8 cm³/mol. The van der Waals surface area contributed by atoms with Gasteiger partial charge in [-0.25, -0.2) is 13.6 Å². The highest BCUT2D eigenvalue weighted by Gasteiger charge is 2.20. The van der Waals surface area contributed by atoms with Gasteiger partial charge in [-0.1, -0.05) is 17.7 Å². The molecular weight excluding hydrogens is 380 g/mol. The second-order valence-electron chi connectivity index (χ2n) is 5.95. The number of carbonyl (C=O) groups is 1. The van der Waals surface area contributed by atoms with Gasteiger partial charge in [-0.05, 0) is 24.3 Å². The topological polar surface area (TPSA) is 84.0 Å². The molecular formula is C18H14ClF2N3O3. The van der Waals surface area contributed by atoms with Gasteiger partial charge in [-0.2, -0.15) is 0 Å². The summed E-state index contributed by atoms with van der Waals surface area (Å²) in [7, 11) is 0. The van der Waals surface area contributed by atoms with Crippen LogP contribution in [0.1, 0.15) is 18.5 Å². The summed E-state index contributed by atoms with van der Waals surface area (Å²) in [6, 6.07) is 6.21. The van der Waals surface area contributed by atoms with Crippen LogP contribution < -0.4 is 16.6 Å². The van der Waals surface area contributed by atoms with E-state index >= 15 is 0 Å². The summed E-state index contributed by atoms with van der Waals surface area (Å²) in [4.78, 5) is 39.1. The molecule has 140 valence electrons. The van der Waals surface area contributed by atoms with E-state index in [9.17, 15) is 23.2 Å². The molecule has 0 aliphatic carbocycles. The maximum Gasteiger partial charge on any atom is 0.328 e. The number of hydrogen-bond donors (Lipinski definition) is 2. The quantitative estimate of drug-likeness (QED) is 0.714. The van der Waals surface area contributed by atoms with Crippen molar-refractivity contribution in [2.45, 2.75) is 19.5 Å². The van der Waals surface area contributed by atoms with Gasteiger partial charge in [0.25, 0.3) is 5.56 Å². The largest absolute Gasteiger partial charge is 0.348 e. The Labute approximate surface area is 156 Å². The third-order valence-electron chi connectivity index (χ3n) is 4.02. The van der Waals surface area contributed by atoms with Crippen molar-refractivity contribution in [3.05, 3.63) is 79.5 Å². The first-order valence-corrected chi connectivity index (χ1v) is 8.28. The molecule has 3 aromatic rings. The lowest BCUT2D eigenvalue weighted by atomic mass is 10.1. The van der Waals surface area contributed by atoms with E-state index in [-0.39, 0.29) is 17.5 Å². The molecule has 6 nitrogen and oxygen atoms in total. The predicted octanol–water partition coefficient (Wildman–Crippen LogP) is 2.50. The molecule has 1 aromatic heterocycles. The molecule has 0 bridgehead atoms. The van der Waals surface area contributed by atoms with Crippen molar-refractivity contribution in [3.8, 4) is 0 Å². The lowest BCUT2D eigenvalue weighted by molar-refractivity contribution is -0.119. The second-order valence-corrected chi connectivity index (χ2v) is 6.39. The third kappa shape index (κ3) is 3.90. The fourth-order valence-electron chi connectivity index (χ4n) is 2.82. The molecule has 0 aliphatic heterocycles. The Bertz CT molecular complexity index is 1160. The van der Waals surface area contributed by atoms with E-state index in [0.717, 1.165) is 16.7 Å². The van der Waals surface area contributed by atoms with Crippen LogP contribution in [0.2, 0.25) is 5.02 Å². The number of rotatable bonds is 4. The summed E-state index contributed by atoms with van der Waals surface area (Å²) >= 11 is 5.91. The van der Waals surface area contributed by atoms with Crippen LogP contribution in [-0.2, 0) is 11.3 Å². The molecule has 0 spiro atoms. The maximum atomic E-state index is 14.2. The van der Waals surface area contributed by atoms with Crippen LogP contribution in [0.5, 0.6) is 0 Å². The van der Waals surface area contributed by atoms with E-state index in [1.54, 1.807) is 0 Å². The van der Waals surface area contributed by atoms with Crippen molar-refractivity contribution in [2.75, 3.05) is 0 Å². The van der Waals surface area contributed by atoms with Gasteiger partial charge in [-0.15, -0.1) is 0 Å². The summed E-state index contributed by atoms with van der Waals surface area (Å²) in [5, 5.41) is 2.96. The molecule has 9 heteroatoms. The Morgan fingerprint density at radius 1 is 1.22 bits per heavy atom. The molecule has 0 saturated carbocycles. The fraction of sp³-hybridized carbons (Fsp3) is 0.167. The number of aromatic nitrogens is 2. The van der Waals surface area contributed by atoms with E-state index in [0.29, 0.717) is 16.6 Å². The SMILES string of the molecule is CC(=O)N[C@H](Cn1c(=O)[nH]c2ccc(Cl)cc2c1=O)c1ccc(F)cc1F. The fourth-order valence-corrected chi connectivity index (χ4v) is 2.99. The number of fused-ring (bicyclic) bond motifs is 1. The third-order valence-corrected chi connectivity index (χ3v) is 4.26. The van der Waals surface area contributed by atoms with E-state index < -0.39 is 34.8 Å². The van der Waals surface area contributed by atoms with Gasteiger partial charge in [0, 0.05) is 23.6 Å². The average molecular weight is 394 g/mol. The van der Waals surface area contributed by atoms with Crippen molar-refractivity contribution in [1.29, 1.82) is 0 Å². The molecule has 2 N–H and O–H groups in total. The molecule has 27 heavy (non-hydrogen) atoms. The Morgan fingerprint density at radius 2 is 1.96 bits per heavy atom. The first-order valence-electron chi connectivity index (χ1n) is 7.90. The van der Waals surface area contributed by atoms with Crippen LogP contribution in [0, 0.1) is 11.6 Å². The summed E-state index contributed by atoms with van der Waals surface area (Å²) in [6.45, 7) is 0.861. The first kappa shape index (κ1) is 18.8.